The van der Waals surface area contributed by atoms with Crippen LogP contribution in [0.1, 0.15) is 0 Å². The molecule has 0 fully saturated rings. The lowest BCUT2D eigenvalue weighted by atomic mass is 10.1. The largest absolute Gasteiger partial charge is 0.476 e. The monoisotopic (exact) mass is 183 g/mol. The van der Waals surface area contributed by atoms with Crippen molar-refractivity contribution in [1.82, 2.24) is 0 Å². The molecule has 0 aromatic heterocycles. The van der Waals surface area contributed by atoms with E-state index in [4.69, 9.17) is 5.11 Å². The number of carboxylic acid groups (broad SMARTS) is 1. The van der Waals surface area contributed by atoms with Gasteiger partial charge in [0.25, 0.3) is 0 Å². The molecule has 4 heteroatoms. The Kier molecular flexibility index (Phi) is 2.15. The zero-order valence-electron chi connectivity index (χ0n) is 6.02. The summed E-state index contributed by atoms with van der Waals surface area (Å²) >= 11 is 0. The summed E-state index contributed by atoms with van der Waals surface area (Å²) in [5.41, 5.74) is 1.75. The minimum absolute atomic E-state index is 0. The Morgan fingerprint density at radius 1 is 1.50 bits per heavy atom. The predicted octanol–water partition coefficient (Wildman–Crippen LogP) is 1.33. The highest BCUT2D eigenvalue weighted by Crippen LogP contribution is 2.24. The Bertz CT molecular complexity index is 350. The maximum atomic E-state index is 10.5. The number of allylic oxidation sites excluding steroid dienone is 4. The summed E-state index contributed by atoms with van der Waals surface area (Å²) in [4.78, 5) is 14.3. The highest BCUT2D eigenvalue weighted by Gasteiger charge is 2.22. The van der Waals surface area contributed by atoms with E-state index in [2.05, 4.69) is 4.99 Å². The second-order valence-corrected chi connectivity index (χ2v) is 2.31. The van der Waals surface area contributed by atoms with Gasteiger partial charge in [-0.15, -0.1) is 12.4 Å². The van der Waals surface area contributed by atoms with Crippen molar-refractivity contribution >= 4 is 24.1 Å². The summed E-state index contributed by atoms with van der Waals surface area (Å²) in [5, 5.41) is 8.63. The van der Waals surface area contributed by atoms with Crippen molar-refractivity contribution in [3.63, 3.8) is 0 Å². The highest BCUT2D eigenvalue weighted by molar-refractivity contribution is 6.45. The summed E-state index contributed by atoms with van der Waals surface area (Å²) in [6.07, 6.45) is 6.98. The Morgan fingerprint density at radius 2 is 2.25 bits per heavy atom. The van der Waals surface area contributed by atoms with Crippen LogP contribution in [-0.4, -0.2) is 16.8 Å². The van der Waals surface area contributed by atoms with Crippen molar-refractivity contribution in [2.45, 2.75) is 0 Å². The van der Waals surface area contributed by atoms with Gasteiger partial charge < -0.3 is 5.11 Å². The number of nitrogens with zero attached hydrogens (tertiary/aromatic N) is 1. The summed E-state index contributed by atoms with van der Waals surface area (Å²) in [5.74, 6) is -0.966. The van der Waals surface area contributed by atoms with E-state index in [0.29, 0.717) is 0 Å². The van der Waals surface area contributed by atoms with Crippen LogP contribution >= 0.6 is 12.4 Å². The molecule has 0 radical (unpaired) electrons. The third kappa shape index (κ3) is 1.08. The van der Waals surface area contributed by atoms with Crippen LogP contribution in [0.3, 0.4) is 0 Å². The van der Waals surface area contributed by atoms with E-state index in [0.717, 1.165) is 11.1 Å². The number of aliphatic carboxylic acids is 1. The fourth-order valence-corrected chi connectivity index (χ4v) is 1.14. The maximum Gasteiger partial charge on any atom is 0.355 e. The quantitative estimate of drug-likeness (QED) is 0.667. The van der Waals surface area contributed by atoms with Gasteiger partial charge >= 0.3 is 5.97 Å². The molecule has 0 aromatic carbocycles. The first-order chi connectivity index (χ1) is 5.29. The number of fused-ring (bicyclic) bond motifs is 1. The van der Waals surface area contributed by atoms with E-state index in [9.17, 15) is 4.79 Å². The minimum atomic E-state index is -0.966. The van der Waals surface area contributed by atoms with Gasteiger partial charge in [0, 0.05) is 17.3 Å². The molecule has 12 heavy (non-hydrogen) atoms. The minimum Gasteiger partial charge on any atom is -0.476 e. The van der Waals surface area contributed by atoms with Crippen molar-refractivity contribution in [3.05, 3.63) is 35.6 Å². The molecule has 0 spiro atoms. The van der Waals surface area contributed by atoms with Crippen molar-refractivity contribution in [2.75, 3.05) is 0 Å². The lowest BCUT2D eigenvalue weighted by molar-refractivity contribution is -0.129. The zero-order valence-corrected chi connectivity index (χ0v) is 6.84. The van der Waals surface area contributed by atoms with E-state index >= 15 is 0 Å². The summed E-state index contributed by atoms with van der Waals surface area (Å²) in [6, 6.07) is 0. The van der Waals surface area contributed by atoms with Crippen molar-refractivity contribution in [1.29, 1.82) is 0 Å². The lowest BCUT2D eigenvalue weighted by Crippen LogP contribution is -2.12. The molecular formula is C8H6ClNO2. The third-order valence-corrected chi connectivity index (χ3v) is 1.64. The van der Waals surface area contributed by atoms with Gasteiger partial charge in [0.05, 0.1) is 0 Å². The van der Waals surface area contributed by atoms with Gasteiger partial charge in [-0.05, 0) is 0 Å². The van der Waals surface area contributed by atoms with E-state index < -0.39 is 5.97 Å². The van der Waals surface area contributed by atoms with Crippen LogP contribution in [-0.2, 0) is 4.79 Å². The second-order valence-electron chi connectivity index (χ2n) is 2.31. The average molecular weight is 184 g/mol. The normalized spacial score (nSPS) is 17.5. The van der Waals surface area contributed by atoms with Gasteiger partial charge in [0.1, 0.15) is 0 Å². The van der Waals surface area contributed by atoms with Crippen LogP contribution in [0.15, 0.2) is 40.6 Å². The van der Waals surface area contributed by atoms with Gasteiger partial charge in [0.2, 0.25) is 0 Å². The van der Waals surface area contributed by atoms with Gasteiger partial charge in [-0.3, -0.25) is 0 Å². The van der Waals surface area contributed by atoms with Gasteiger partial charge in [-0.2, -0.15) is 0 Å². The number of aliphatic imine (C=N–C) groups is 1. The number of halogens is 1. The Labute approximate surface area is 75.2 Å². The number of hydrogen-bond acceptors (Lipinski definition) is 2. The van der Waals surface area contributed by atoms with Crippen molar-refractivity contribution < 1.29 is 9.90 Å². The number of carboxylic acids is 1. The third-order valence-electron chi connectivity index (χ3n) is 1.64. The molecule has 0 atom stereocenters. The molecule has 0 saturated heterocycles. The zero-order chi connectivity index (χ0) is 7.84. The first kappa shape index (κ1) is 8.74. The van der Waals surface area contributed by atoms with E-state index in [1.54, 1.807) is 12.3 Å². The van der Waals surface area contributed by atoms with Crippen LogP contribution < -0.4 is 0 Å². The molecule has 1 N–H and O–H groups in total. The van der Waals surface area contributed by atoms with Crippen LogP contribution in [0.25, 0.3) is 0 Å². The summed E-state index contributed by atoms with van der Waals surface area (Å²) < 4.78 is 0. The molecule has 2 rings (SSSR count). The first-order valence-electron chi connectivity index (χ1n) is 3.19. The molecule has 3 nitrogen and oxygen atoms in total. The number of hydrogen-bond donors (Lipinski definition) is 1. The fourth-order valence-electron chi connectivity index (χ4n) is 1.14. The van der Waals surface area contributed by atoms with Crippen LogP contribution in [0.2, 0.25) is 0 Å². The Morgan fingerprint density at radius 3 is 2.92 bits per heavy atom. The lowest BCUT2D eigenvalue weighted by Gasteiger charge is -1.94. The van der Waals surface area contributed by atoms with Gasteiger partial charge in [-0.1, -0.05) is 18.2 Å². The molecule has 0 unspecified atom stereocenters. The van der Waals surface area contributed by atoms with Crippen LogP contribution in [0, 0.1) is 0 Å². The first-order valence-corrected chi connectivity index (χ1v) is 3.19. The molecular weight excluding hydrogens is 178 g/mol. The highest BCUT2D eigenvalue weighted by atomic mass is 35.5. The molecule has 2 aliphatic rings. The van der Waals surface area contributed by atoms with Gasteiger partial charge in [-0.25, -0.2) is 9.79 Å². The predicted molar refractivity (Wildman–Crippen MR) is 47.6 cm³/mol. The van der Waals surface area contributed by atoms with E-state index in [1.807, 2.05) is 12.2 Å². The van der Waals surface area contributed by atoms with Gasteiger partial charge in [0.15, 0.2) is 5.71 Å². The fraction of sp³-hybridized carbons (Fsp3) is 0. The topological polar surface area (TPSA) is 49.7 Å². The molecule has 62 valence electrons. The molecule has 1 heterocycles. The molecule has 0 saturated carbocycles. The average Bonchev–Trinajstić information content (AvgIpc) is 2.41. The smallest absolute Gasteiger partial charge is 0.355 e. The maximum absolute atomic E-state index is 10.5. The standard InChI is InChI=1S/C8H5NO2.ClH/c10-8(11)7-6-3-1-2-5(6)4-9-7;/h1-4H,(H,10,11);1H. The van der Waals surface area contributed by atoms with Crippen molar-refractivity contribution in [2.24, 2.45) is 4.99 Å². The number of carbonyl (C=O) groups is 1. The second kappa shape index (κ2) is 2.95. The van der Waals surface area contributed by atoms with Crippen LogP contribution in [0.4, 0.5) is 0 Å². The Balaban J connectivity index is 0.000000720. The Hall–Kier alpha value is -1.35. The SMILES string of the molecule is Cl.O=C(O)C1=NC=C2C=CC=C21. The molecule has 1 aliphatic carbocycles. The van der Waals surface area contributed by atoms with Crippen LogP contribution in [0.5, 0.6) is 0 Å². The summed E-state index contributed by atoms with van der Waals surface area (Å²) in [7, 11) is 0. The molecule has 0 aromatic rings. The summed E-state index contributed by atoms with van der Waals surface area (Å²) in [6.45, 7) is 0. The molecule has 0 bridgehead atoms. The molecule has 1 aliphatic heterocycles. The number of rotatable bonds is 1. The molecule has 0 amide bonds. The van der Waals surface area contributed by atoms with Crippen molar-refractivity contribution in [3.8, 4) is 0 Å². The van der Waals surface area contributed by atoms with E-state index in [1.165, 1.54) is 0 Å². The van der Waals surface area contributed by atoms with E-state index in [-0.39, 0.29) is 18.1 Å².